The van der Waals surface area contributed by atoms with Crippen LogP contribution in [0, 0.1) is 0 Å². The fraction of sp³-hybridized carbons (Fsp3) is 0.0233. The summed E-state index contributed by atoms with van der Waals surface area (Å²) in [4.78, 5) is 4.75. The molecule has 2 heterocycles. The highest BCUT2D eigenvalue weighted by Crippen LogP contribution is 2.44. The van der Waals surface area contributed by atoms with E-state index in [9.17, 15) is 0 Å². The molecule has 0 amide bonds. The highest BCUT2D eigenvalue weighted by molar-refractivity contribution is 6.12. The number of aromatic nitrogens is 2. The van der Waals surface area contributed by atoms with Gasteiger partial charge in [0.25, 0.3) is 0 Å². The maximum atomic E-state index is 2.48. The van der Waals surface area contributed by atoms with Gasteiger partial charge in [0, 0.05) is 67.0 Å². The van der Waals surface area contributed by atoms with Crippen molar-refractivity contribution < 1.29 is 0 Å². The average molecular weight is 1150 g/mol. The molecule has 0 saturated heterocycles. The van der Waals surface area contributed by atoms with E-state index in [1.165, 1.54) is 77.2 Å². The summed E-state index contributed by atoms with van der Waals surface area (Å²) in [5.41, 5.74) is 25.6. The molecule has 0 saturated carbocycles. The molecule has 0 unspecified atom stereocenters. The predicted molar refractivity (Wildman–Crippen MR) is 379 cm³/mol. The van der Waals surface area contributed by atoms with Crippen LogP contribution in [0.25, 0.3) is 88.4 Å². The molecule has 0 fully saturated rings. The summed E-state index contributed by atoms with van der Waals surface area (Å²) in [5.74, 6) is 0. The van der Waals surface area contributed by atoms with Crippen molar-refractivity contribution in [3.8, 4) is 44.8 Å². The zero-order valence-corrected chi connectivity index (χ0v) is 49.7. The van der Waals surface area contributed by atoms with Crippen molar-refractivity contribution in [2.24, 2.45) is 0 Å². The van der Waals surface area contributed by atoms with E-state index in [1.54, 1.807) is 0 Å². The monoisotopic (exact) mass is 1150 g/mol. The Morgan fingerprint density at radius 1 is 0.211 bits per heavy atom. The van der Waals surface area contributed by atoms with Gasteiger partial charge < -0.3 is 18.9 Å². The molecule has 90 heavy (non-hydrogen) atoms. The Hall–Kier alpha value is -11.7. The minimum atomic E-state index is 0.752. The summed E-state index contributed by atoms with van der Waals surface area (Å²) in [7, 11) is 0. The lowest BCUT2D eigenvalue weighted by molar-refractivity contribution is 1.12. The fourth-order valence-corrected chi connectivity index (χ4v) is 13.6. The Labute approximate surface area is 525 Å². The third-order valence-corrected chi connectivity index (χ3v) is 17.8. The summed E-state index contributed by atoms with van der Waals surface area (Å²) < 4.78 is 4.97. The van der Waals surface area contributed by atoms with Gasteiger partial charge in [-0.05, 0) is 178 Å². The summed E-state index contributed by atoms with van der Waals surface area (Å²) in [6.45, 7) is 0. The van der Waals surface area contributed by atoms with E-state index in [4.69, 9.17) is 0 Å². The Bertz CT molecular complexity index is 4860. The van der Waals surface area contributed by atoms with Gasteiger partial charge in [-0.1, -0.05) is 243 Å². The Balaban J connectivity index is 0.848. The van der Waals surface area contributed by atoms with Gasteiger partial charge in [-0.3, -0.25) is 0 Å². The molecule has 426 valence electrons. The van der Waals surface area contributed by atoms with Crippen molar-refractivity contribution in [1.82, 2.24) is 9.13 Å². The van der Waals surface area contributed by atoms with Crippen molar-refractivity contribution in [3.05, 3.63) is 374 Å². The molecule has 0 N–H and O–H groups in total. The number of para-hydroxylation sites is 4. The van der Waals surface area contributed by atoms with Crippen LogP contribution in [0.2, 0.25) is 0 Å². The van der Waals surface area contributed by atoms with E-state index in [1.807, 2.05) is 0 Å². The summed E-state index contributed by atoms with van der Waals surface area (Å²) in [5, 5.41) is 4.85. The highest BCUT2D eigenvalue weighted by atomic mass is 15.2. The smallest absolute Gasteiger partial charge is 0.0561 e. The van der Waals surface area contributed by atoms with Gasteiger partial charge >= 0.3 is 0 Å². The lowest BCUT2D eigenvalue weighted by Crippen LogP contribution is -2.10. The van der Waals surface area contributed by atoms with Crippen molar-refractivity contribution in [3.63, 3.8) is 0 Å². The lowest BCUT2D eigenvalue weighted by atomic mass is 9.89. The van der Waals surface area contributed by atoms with E-state index in [0.717, 1.165) is 80.4 Å². The third-order valence-electron chi connectivity index (χ3n) is 17.8. The minimum absolute atomic E-state index is 0.752. The van der Waals surface area contributed by atoms with Crippen molar-refractivity contribution in [2.75, 3.05) is 9.80 Å². The number of benzene rings is 14. The molecule has 4 heteroatoms. The fourth-order valence-electron chi connectivity index (χ4n) is 13.6. The second-order valence-electron chi connectivity index (χ2n) is 23.3. The quantitative estimate of drug-likeness (QED) is 0.102. The number of anilines is 6. The molecule has 0 spiro atoms. The predicted octanol–water partition coefficient (Wildman–Crippen LogP) is 23.0. The summed E-state index contributed by atoms with van der Waals surface area (Å²) >= 11 is 0. The molecular weight excluding hydrogens is 1090 g/mol. The van der Waals surface area contributed by atoms with Gasteiger partial charge in [-0.2, -0.15) is 0 Å². The molecule has 16 rings (SSSR count). The van der Waals surface area contributed by atoms with Crippen LogP contribution in [0.15, 0.2) is 352 Å². The SMILES string of the molecule is c1ccc(Cc2cc(-n3c4ccccc4c4ccc(N(c5ccccc5)c5ccc(-c6ccccc6)cc5)cc43)ccc2-c2ccc(-n3c4ccccc4c4ccc(N(c5ccccc5)c5ccc(-c6ccccc6)cc5)cc43)cc2Cc2ccccc2)cc1. The number of hydrogen-bond acceptors (Lipinski definition) is 2. The van der Waals surface area contributed by atoms with Crippen LogP contribution in [0.5, 0.6) is 0 Å². The zero-order chi connectivity index (χ0) is 59.7. The molecule has 0 radical (unpaired) electrons. The molecule has 2 aromatic heterocycles. The van der Waals surface area contributed by atoms with Crippen LogP contribution in [0.1, 0.15) is 22.3 Å². The van der Waals surface area contributed by atoms with Gasteiger partial charge in [-0.15, -0.1) is 0 Å². The second kappa shape index (κ2) is 23.5. The zero-order valence-electron chi connectivity index (χ0n) is 49.7. The molecular formula is C86H62N4. The van der Waals surface area contributed by atoms with E-state index < -0.39 is 0 Å². The van der Waals surface area contributed by atoms with Gasteiger partial charge in [0.1, 0.15) is 0 Å². The van der Waals surface area contributed by atoms with Crippen LogP contribution >= 0.6 is 0 Å². The first-order valence-corrected chi connectivity index (χ1v) is 31.1. The second-order valence-corrected chi connectivity index (χ2v) is 23.3. The Morgan fingerprint density at radius 2 is 0.511 bits per heavy atom. The standard InChI is InChI=1S/C86H62N4/c1-7-23-61(24-8-1)55-67-57-73(89-83-37-21-19-35-79(83)81-53-49-75(59-85(81)89)87(69-31-15-5-16-32-69)71-43-39-65(40-44-71)63-27-11-3-12-28-63)47-51-77(67)78-52-48-74(58-68(78)56-62-25-9-2-10-26-62)90-84-38-22-20-36-80(84)82-54-50-76(60-86(82)90)88(70-33-17-6-18-34-70)72-45-41-66(42-46-72)64-29-13-4-14-30-64/h1-54,57-60H,55-56H2. The molecule has 4 nitrogen and oxygen atoms in total. The summed E-state index contributed by atoms with van der Waals surface area (Å²) in [6, 6.07) is 129. The highest BCUT2D eigenvalue weighted by Gasteiger charge is 2.23. The molecule has 0 bridgehead atoms. The average Bonchev–Trinajstić information content (AvgIpc) is 1.63. The first kappa shape index (κ1) is 53.7. The van der Waals surface area contributed by atoms with Crippen LogP contribution in [0.3, 0.4) is 0 Å². The Morgan fingerprint density at radius 3 is 0.900 bits per heavy atom. The van der Waals surface area contributed by atoms with E-state index in [2.05, 4.69) is 371 Å². The maximum absolute atomic E-state index is 2.48. The first-order valence-electron chi connectivity index (χ1n) is 31.1. The van der Waals surface area contributed by atoms with Gasteiger partial charge in [0.05, 0.1) is 22.1 Å². The van der Waals surface area contributed by atoms with E-state index >= 15 is 0 Å². The lowest BCUT2D eigenvalue weighted by Gasteiger charge is -2.26. The first-order chi connectivity index (χ1) is 44.6. The normalized spacial score (nSPS) is 11.4. The topological polar surface area (TPSA) is 16.3 Å². The molecule has 0 aliphatic rings. The molecule has 14 aromatic carbocycles. The Kier molecular flexibility index (Phi) is 14.0. The van der Waals surface area contributed by atoms with Gasteiger partial charge in [-0.25, -0.2) is 0 Å². The molecule has 0 aliphatic heterocycles. The van der Waals surface area contributed by atoms with Gasteiger partial charge in [0.15, 0.2) is 0 Å². The third kappa shape index (κ3) is 10.2. The van der Waals surface area contributed by atoms with Crippen LogP contribution in [-0.4, -0.2) is 9.13 Å². The summed E-state index contributed by atoms with van der Waals surface area (Å²) in [6.07, 6.45) is 1.50. The van der Waals surface area contributed by atoms with Gasteiger partial charge in [0.2, 0.25) is 0 Å². The largest absolute Gasteiger partial charge is 0.310 e. The maximum Gasteiger partial charge on any atom is 0.0561 e. The van der Waals surface area contributed by atoms with Crippen molar-refractivity contribution in [1.29, 1.82) is 0 Å². The molecule has 16 aromatic rings. The minimum Gasteiger partial charge on any atom is -0.310 e. The number of hydrogen-bond donors (Lipinski definition) is 0. The van der Waals surface area contributed by atoms with Crippen molar-refractivity contribution in [2.45, 2.75) is 12.8 Å². The van der Waals surface area contributed by atoms with Crippen molar-refractivity contribution >= 4 is 77.7 Å². The van der Waals surface area contributed by atoms with Crippen LogP contribution in [0.4, 0.5) is 34.1 Å². The van der Waals surface area contributed by atoms with Crippen LogP contribution in [-0.2, 0) is 12.8 Å². The molecule has 0 atom stereocenters. The number of rotatable bonds is 15. The number of fused-ring (bicyclic) bond motifs is 6. The molecule has 0 aliphatic carbocycles. The van der Waals surface area contributed by atoms with E-state index in [0.29, 0.717) is 0 Å². The van der Waals surface area contributed by atoms with Crippen LogP contribution < -0.4 is 9.80 Å². The number of nitrogens with zero attached hydrogens (tertiary/aromatic N) is 4. The van der Waals surface area contributed by atoms with E-state index in [-0.39, 0.29) is 0 Å².